The Bertz CT molecular complexity index is 359. The number of hydrogen-bond donors (Lipinski definition) is 2. The predicted octanol–water partition coefficient (Wildman–Crippen LogP) is 0.553. The number of rotatable bonds is 4. The van der Waals surface area contributed by atoms with Gasteiger partial charge in [0.05, 0.1) is 0 Å². The van der Waals surface area contributed by atoms with E-state index in [0.29, 0.717) is 5.82 Å². The zero-order valence-electron chi connectivity index (χ0n) is 10.4. The van der Waals surface area contributed by atoms with Crippen molar-refractivity contribution in [2.24, 2.45) is 0 Å². The zero-order chi connectivity index (χ0) is 12.3. The van der Waals surface area contributed by atoms with Crippen molar-refractivity contribution in [1.82, 2.24) is 9.97 Å². The molecular formula is C10H20N6. The van der Waals surface area contributed by atoms with Crippen LogP contribution in [-0.4, -0.2) is 37.2 Å². The fourth-order valence-electron chi connectivity index (χ4n) is 1.63. The first-order valence-corrected chi connectivity index (χ1v) is 5.36. The average Bonchev–Trinajstić information content (AvgIpc) is 2.21. The lowest BCUT2D eigenvalue weighted by Gasteiger charge is -2.27. The summed E-state index contributed by atoms with van der Waals surface area (Å²) in [7, 11) is 3.82. The van der Waals surface area contributed by atoms with Crippen LogP contribution in [-0.2, 0) is 0 Å². The molecule has 1 rings (SSSR count). The van der Waals surface area contributed by atoms with Gasteiger partial charge in [-0.2, -0.15) is 9.97 Å². The topological polar surface area (TPSA) is 84.3 Å². The molecular weight excluding hydrogens is 204 g/mol. The van der Waals surface area contributed by atoms with E-state index in [1.165, 1.54) is 0 Å². The summed E-state index contributed by atoms with van der Waals surface area (Å²) in [5.41, 5.74) is 12.4. The number of hydrogen-bond acceptors (Lipinski definition) is 6. The van der Waals surface area contributed by atoms with E-state index in [-0.39, 0.29) is 5.95 Å². The van der Waals surface area contributed by atoms with Crippen molar-refractivity contribution in [3.05, 3.63) is 0 Å². The number of aromatic nitrogens is 2. The van der Waals surface area contributed by atoms with Gasteiger partial charge >= 0.3 is 0 Å². The van der Waals surface area contributed by atoms with Crippen molar-refractivity contribution < 1.29 is 0 Å². The van der Waals surface area contributed by atoms with Crippen LogP contribution in [0.1, 0.15) is 13.8 Å². The smallest absolute Gasteiger partial charge is 0.224 e. The Morgan fingerprint density at radius 2 is 1.62 bits per heavy atom. The summed E-state index contributed by atoms with van der Waals surface area (Å²) in [6, 6.07) is 0. The molecule has 0 saturated heterocycles. The van der Waals surface area contributed by atoms with Crippen molar-refractivity contribution >= 4 is 23.3 Å². The first-order chi connectivity index (χ1) is 7.51. The first-order valence-electron chi connectivity index (χ1n) is 5.36. The van der Waals surface area contributed by atoms with Gasteiger partial charge in [0, 0.05) is 27.2 Å². The van der Waals surface area contributed by atoms with Crippen LogP contribution in [0.15, 0.2) is 0 Å². The first kappa shape index (κ1) is 12.4. The van der Waals surface area contributed by atoms with E-state index in [2.05, 4.69) is 28.7 Å². The van der Waals surface area contributed by atoms with Crippen LogP contribution in [0.3, 0.4) is 0 Å². The Morgan fingerprint density at radius 1 is 1.06 bits per heavy atom. The number of anilines is 4. The molecule has 4 N–H and O–H groups in total. The van der Waals surface area contributed by atoms with E-state index in [4.69, 9.17) is 11.5 Å². The van der Waals surface area contributed by atoms with Gasteiger partial charge in [-0.3, -0.25) is 0 Å². The summed E-state index contributed by atoms with van der Waals surface area (Å²) < 4.78 is 0. The summed E-state index contributed by atoms with van der Waals surface area (Å²) in [4.78, 5) is 12.2. The van der Waals surface area contributed by atoms with Gasteiger partial charge in [-0.25, -0.2) is 0 Å². The molecule has 6 nitrogen and oxygen atoms in total. The van der Waals surface area contributed by atoms with Gasteiger partial charge in [-0.05, 0) is 13.8 Å². The van der Waals surface area contributed by atoms with Gasteiger partial charge in [0.15, 0.2) is 11.6 Å². The minimum atomic E-state index is 0.206. The molecule has 0 bridgehead atoms. The van der Waals surface area contributed by atoms with Crippen LogP contribution in [0, 0.1) is 0 Å². The summed E-state index contributed by atoms with van der Waals surface area (Å²) in [5, 5.41) is 0. The molecule has 1 aromatic heterocycles. The molecule has 0 radical (unpaired) electrons. The summed E-state index contributed by atoms with van der Waals surface area (Å²) in [5.74, 6) is 1.39. The lowest BCUT2D eigenvalue weighted by Crippen LogP contribution is -2.27. The third-order valence-electron chi connectivity index (χ3n) is 2.41. The molecule has 90 valence electrons. The van der Waals surface area contributed by atoms with Crippen LogP contribution >= 0.6 is 0 Å². The zero-order valence-corrected chi connectivity index (χ0v) is 10.4. The van der Waals surface area contributed by atoms with Crippen LogP contribution in [0.2, 0.25) is 0 Å². The second kappa shape index (κ2) is 4.87. The minimum absolute atomic E-state index is 0.206. The number of nitrogens with two attached hydrogens (primary N) is 2. The fraction of sp³-hybridized carbons (Fsp3) is 0.600. The van der Waals surface area contributed by atoms with Gasteiger partial charge in [0.25, 0.3) is 0 Å². The molecule has 0 atom stereocenters. The molecule has 0 aromatic carbocycles. The Morgan fingerprint density at radius 3 is 2.06 bits per heavy atom. The Kier molecular flexibility index (Phi) is 3.76. The highest BCUT2D eigenvalue weighted by molar-refractivity contribution is 5.78. The Balaban J connectivity index is 3.34. The molecule has 0 unspecified atom stereocenters. The molecule has 0 spiro atoms. The van der Waals surface area contributed by atoms with Crippen molar-refractivity contribution in [1.29, 1.82) is 0 Å². The highest BCUT2D eigenvalue weighted by Gasteiger charge is 2.17. The van der Waals surface area contributed by atoms with E-state index >= 15 is 0 Å². The maximum atomic E-state index is 5.91. The van der Waals surface area contributed by atoms with Crippen LogP contribution in [0.25, 0.3) is 0 Å². The number of nitrogens with zero attached hydrogens (tertiary/aromatic N) is 4. The standard InChI is InChI=1S/C10H20N6/c1-5-16(6-2)7-8(11)13-10(12)14-9(7)15(3)4/h5-6H2,1-4H3,(H4,11,12,13,14). The lowest BCUT2D eigenvalue weighted by molar-refractivity contribution is 0.854. The second-order valence-electron chi connectivity index (χ2n) is 3.71. The SMILES string of the molecule is CCN(CC)c1c(N)nc(N)nc1N(C)C. The van der Waals surface area contributed by atoms with E-state index in [1.807, 2.05) is 19.0 Å². The molecule has 0 amide bonds. The van der Waals surface area contributed by atoms with Gasteiger partial charge in [-0.1, -0.05) is 0 Å². The minimum Gasteiger partial charge on any atom is -0.382 e. The summed E-state index contributed by atoms with van der Waals surface area (Å²) in [6.45, 7) is 5.85. The molecule has 1 heterocycles. The normalized spacial score (nSPS) is 10.2. The molecule has 0 aliphatic heterocycles. The number of nitrogen functional groups attached to an aromatic ring is 2. The monoisotopic (exact) mass is 224 g/mol. The third kappa shape index (κ3) is 2.26. The van der Waals surface area contributed by atoms with Gasteiger partial charge in [-0.15, -0.1) is 0 Å². The van der Waals surface area contributed by atoms with Gasteiger partial charge in [0.1, 0.15) is 5.69 Å². The third-order valence-corrected chi connectivity index (χ3v) is 2.41. The van der Waals surface area contributed by atoms with E-state index in [9.17, 15) is 0 Å². The molecule has 0 saturated carbocycles. The average molecular weight is 224 g/mol. The van der Waals surface area contributed by atoms with Gasteiger partial charge in [0.2, 0.25) is 5.95 Å². The molecule has 0 aliphatic carbocycles. The van der Waals surface area contributed by atoms with Crippen molar-refractivity contribution in [3.63, 3.8) is 0 Å². The molecule has 1 aromatic rings. The highest BCUT2D eigenvalue weighted by Crippen LogP contribution is 2.31. The molecule has 6 heteroatoms. The largest absolute Gasteiger partial charge is 0.382 e. The summed E-state index contributed by atoms with van der Waals surface area (Å²) >= 11 is 0. The molecule has 0 fully saturated rings. The maximum absolute atomic E-state index is 5.91. The lowest BCUT2D eigenvalue weighted by atomic mass is 10.3. The summed E-state index contributed by atoms with van der Waals surface area (Å²) in [6.07, 6.45) is 0. The van der Waals surface area contributed by atoms with Crippen molar-refractivity contribution in [2.75, 3.05) is 48.5 Å². The maximum Gasteiger partial charge on any atom is 0.224 e. The van der Waals surface area contributed by atoms with Crippen molar-refractivity contribution in [3.8, 4) is 0 Å². The van der Waals surface area contributed by atoms with E-state index in [1.54, 1.807) is 0 Å². The van der Waals surface area contributed by atoms with Crippen molar-refractivity contribution in [2.45, 2.75) is 13.8 Å². The highest BCUT2D eigenvalue weighted by atomic mass is 15.3. The Hall–Kier alpha value is -1.72. The molecule has 16 heavy (non-hydrogen) atoms. The van der Waals surface area contributed by atoms with Crippen LogP contribution in [0.4, 0.5) is 23.3 Å². The molecule has 0 aliphatic rings. The van der Waals surface area contributed by atoms with Crippen LogP contribution in [0.5, 0.6) is 0 Å². The van der Waals surface area contributed by atoms with E-state index in [0.717, 1.165) is 24.6 Å². The van der Waals surface area contributed by atoms with Gasteiger partial charge < -0.3 is 21.3 Å². The van der Waals surface area contributed by atoms with E-state index < -0.39 is 0 Å². The second-order valence-corrected chi connectivity index (χ2v) is 3.71. The Labute approximate surface area is 96.3 Å². The fourth-order valence-corrected chi connectivity index (χ4v) is 1.63. The quantitative estimate of drug-likeness (QED) is 0.777. The predicted molar refractivity (Wildman–Crippen MR) is 68.7 cm³/mol. The van der Waals surface area contributed by atoms with Crippen LogP contribution < -0.4 is 21.3 Å².